The number of esters is 1. The number of nitrogens with zero attached hydrogens (tertiary/aromatic N) is 1. The van der Waals surface area contributed by atoms with E-state index in [1.807, 2.05) is 0 Å². The highest BCUT2D eigenvalue weighted by atomic mass is 32.2. The Morgan fingerprint density at radius 2 is 2.17 bits per heavy atom. The quantitative estimate of drug-likeness (QED) is 0.294. The van der Waals surface area contributed by atoms with Gasteiger partial charge < -0.3 is 14.5 Å². The molecular formula is C21H12N2O4S2. The maximum atomic E-state index is 11.8. The van der Waals surface area contributed by atoms with E-state index in [0.717, 1.165) is 5.39 Å². The summed E-state index contributed by atoms with van der Waals surface area (Å²) in [5.41, 5.74) is 2.24. The van der Waals surface area contributed by atoms with E-state index < -0.39 is 5.97 Å². The fourth-order valence-electron chi connectivity index (χ4n) is 2.67. The van der Waals surface area contributed by atoms with Crippen LogP contribution in [0.2, 0.25) is 0 Å². The van der Waals surface area contributed by atoms with Gasteiger partial charge >= 0.3 is 5.97 Å². The number of aromatic nitrogens is 1. The van der Waals surface area contributed by atoms with E-state index in [1.165, 1.54) is 18.9 Å². The van der Waals surface area contributed by atoms with Gasteiger partial charge in [-0.25, -0.2) is 4.79 Å². The highest BCUT2D eigenvalue weighted by Gasteiger charge is 2.22. The predicted octanol–water partition coefficient (Wildman–Crippen LogP) is 3.50. The highest BCUT2D eigenvalue weighted by Crippen LogP contribution is 2.29. The molecule has 0 saturated carbocycles. The largest absolute Gasteiger partial charge is 0.465 e. The van der Waals surface area contributed by atoms with Gasteiger partial charge in [0.2, 0.25) is 0 Å². The Labute approximate surface area is 175 Å². The summed E-state index contributed by atoms with van der Waals surface area (Å²) in [7, 11) is 1.33. The number of hydrogen-bond donors (Lipinski definition) is 1. The van der Waals surface area contributed by atoms with E-state index in [1.54, 1.807) is 48.8 Å². The number of methoxy groups -OCH3 is 1. The number of carbonyl (C=O) groups is 2. The van der Waals surface area contributed by atoms with Crippen molar-refractivity contribution in [1.82, 2.24) is 10.3 Å². The van der Waals surface area contributed by atoms with Gasteiger partial charge in [-0.15, -0.1) is 0 Å². The second-order valence-electron chi connectivity index (χ2n) is 5.93. The van der Waals surface area contributed by atoms with E-state index in [4.69, 9.17) is 21.4 Å². The van der Waals surface area contributed by atoms with Crippen LogP contribution in [0.1, 0.15) is 27.2 Å². The number of fused-ring (bicyclic) bond motifs is 1. The first kappa shape index (κ1) is 18.9. The number of amides is 1. The van der Waals surface area contributed by atoms with Crippen LogP contribution in [0.15, 0.2) is 52.0 Å². The number of hydrogen-bond acceptors (Lipinski definition) is 7. The van der Waals surface area contributed by atoms with Crippen molar-refractivity contribution < 1.29 is 18.7 Å². The lowest BCUT2D eigenvalue weighted by Crippen LogP contribution is -2.17. The number of furan rings is 1. The van der Waals surface area contributed by atoms with Gasteiger partial charge in [0, 0.05) is 29.4 Å². The zero-order valence-corrected chi connectivity index (χ0v) is 16.6. The Balaban J connectivity index is 1.68. The first-order valence-electron chi connectivity index (χ1n) is 8.36. The highest BCUT2D eigenvalue weighted by molar-refractivity contribution is 8.26. The maximum Gasteiger partial charge on any atom is 0.337 e. The lowest BCUT2D eigenvalue weighted by atomic mass is 10.1. The van der Waals surface area contributed by atoms with Crippen molar-refractivity contribution in [3.8, 4) is 11.8 Å². The van der Waals surface area contributed by atoms with Gasteiger partial charge in [0.1, 0.15) is 10.1 Å². The van der Waals surface area contributed by atoms with E-state index in [9.17, 15) is 9.59 Å². The zero-order valence-electron chi connectivity index (χ0n) is 15.0. The number of thioether (sulfide) groups is 1. The molecule has 0 atom stereocenters. The number of nitrogens with one attached hydrogen (secondary N) is 1. The van der Waals surface area contributed by atoms with Crippen LogP contribution < -0.4 is 5.32 Å². The van der Waals surface area contributed by atoms with Gasteiger partial charge in [-0.3, -0.25) is 9.78 Å². The zero-order chi connectivity index (χ0) is 20.4. The third-order valence-electron chi connectivity index (χ3n) is 3.98. The van der Waals surface area contributed by atoms with Crippen molar-refractivity contribution in [3.63, 3.8) is 0 Å². The second kappa shape index (κ2) is 7.91. The third-order valence-corrected chi connectivity index (χ3v) is 5.14. The van der Waals surface area contributed by atoms with Crippen LogP contribution >= 0.6 is 24.0 Å². The molecule has 142 valence electrons. The summed E-state index contributed by atoms with van der Waals surface area (Å²) in [6.45, 7) is 0. The second-order valence-corrected chi connectivity index (χ2v) is 7.65. The first-order valence-corrected chi connectivity index (χ1v) is 9.59. The molecule has 0 aliphatic carbocycles. The van der Waals surface area contributed by atoms with Gasteiger partial charge in [0.15, 0.2) is 5.58 Å². The molecule has 1 N–H and O–H groups in total. The van der Waals surface area contributed by atoms with Crippen LogP contribution in [0.4, 0.5) is 0 Å². The number of pyridine rings is 1. The molecule has 1 aliphatic rings. The number of ether oxygens (including phenoxy) is 1. The Hall–Kier alpha value is -3.41. The molecule has 29 heavy (non-hydrogen) atoms. The molecule has 0 bridgehead atoms. The van der Waals surface area contributed by atoms with E-state index in [0.29, 0.717) is 37.3 Å². The fraction of sp³-hybridized carbons (Fsp3) is 0.0476. The lowest BCUT2D eigenvalue weighted by Gasteiger charge is -1.98. The molecule has 1 aliphatic heterocycles. The molecule has 1 aromatic carbocycles. The molecular weight excluding hydrogens is 408 g/mol. The first-order chi connectivity index (χ1) is 14.0. The van der Waals surface area contributed by atoms with Gasteiger partial charge in [-0.1, -0.05) is 41.9 Å². The molecule has 6 nitrogen and oxygen atoms in total. The molecule has 8 heteroatoms. The van der Waals surface area contributed by atoms with Crippen LogP contribution in [-0.4, -0.2) is 28.3 Å². The molecule has 0 radical (unpaired) electrons. The summed E-state index contributed by atoms with van der Waals surface area (Å²) >= 11 is 6.18. The minimum Gasteiger partial charge on any atom is -0.465 e. The molecule has 3 aromatic rings. The summed E-state index contributed by atoms with van der Waals surface area (Å²) in [5.74, 6) is 5.87. The van der Waals surface area contributed by atoms with Gasteiger partial charge in [-0.05, 0) is 24.3 Å². The fourth-order valence-corrected chi connectivity index (χ4v) is 3.70. The average molecular weight is 420 g/mol. The van der Waals surface area contributed by atoms with Crippen molar-refractivity contribution in [2.24, 2.45) is 0 Å². The summed E-state index contributed by atoms with van der Waals surface area (Å²) in [6, 6.07) is 8.64. The van der Waals surface area contributed by atoms with Gasteiger partial charge in [0.05, 0.1) is 23.1 Å². The van der Waals surface area contributed by atoms with Gasteiger partial charge in [0.25, 0.3) is 5.91 Å². The number of benzene rings is 1. The normalized spacial score (nSPS) is 14.6. The number of carbonyl (C=O) groups excluding carboxylic acids is 2. The Morgan fingerprint density at radius 3 is 2.93 bits per heavy atom. The Kier molecular flexibility index (Phi) is 5.16. The smallest absolute Gasteiger partial charge is 0.337 e. The van der Waals surface area contributed by atoms with Crippen molar-refractivity contribution >= 4 is 57.2 Å². The summed E-state index contributed by atoms with van der Waals surface area (Å²) < 4.78 is 11.0. The monoisotopic (exact) mass is 420 g/mol. The molecule has 1 amide bonds. The van der Waals surface area contributed by atoms with Crippen LogP contribution in [0.5, 0.6) is 0 Å². The van der Waals surface area contributed by atoms with E-state index >= 15 is 0 Å². The number of thiocarbonyl (C=S) groups is 1. The Bertz CT molecular complexity index is 1260. The number of rotatable bonds is 2. The average Bonchev–Trinajstić information content (AvgIpc) is 3.28. The van der Waals surface area contributed by atoms with Crippen LogP contribution in [0, 0.1) is 11.8 Å². The molecule has 0 unspecified atom stereocenters. The molecule has 3 heterocycles. The molecule has 4 rings (SSSR count). The molecule has 2 aromatic heterocycles. The predicted molar refractivity (Wildman–Crippen MR) is 114 cm³/mol. The summed E-state index contributed by atoms with van der Waals surface area (Å²) in [5, 5.41) is 3.33. The van der Waals surface area contributed by atoms with Gasteiger partial charge in [-0.2, -0.15) is 0 Å². The van der Waals surface area contributed by atoms with Crippen LogP contribution in [0.25, 0.3) is 17.0 Å². The van der Waals surface area contributed by atoms with Crippen molar-refractivity contribution in [1.29, 1.82) is 0 Å². The summed E-state index contributed by atoms with van der Waals surface area (Å²) in [6.07, 6.45) is 4.90. The topological polar surface area (TPSA) is 81.4 Å². The standard InChI is InChI=1S/C21H12N2O4S2/c1-26-20(25)13-4-2-3-12(7-13)5-6-14-10-22-11-15-8-16(27-18(14)15)9-17-19(24)23-21(28)29-17/h2-4,7-11H,1H3,(H,23,24,28). The van der Waals surface area contributed by atoms with E-state index in [2.05, 4.69) is 22.1 Å². The van der Waals surface area contributed by atoms with Crippen molar-refractivity contribution in [2.75, 3.05) is 7.11 Å². The summed E-state index contributed by atoms with van der Waals surface area (Å²) in [4.78, 5) is 28.2. The van der Waals surface area contributed by atoms with Crippen LogP contribution in [-0.2, 0) is 9.53 Å². The molecule has 1 saturated heterocycles. The lowest BCUT2D eigenvalue weighted by molar-refractivity contribution is -0.115. The van der Waals surface area contributed by atoms with Crippen molar-refractivity contribution in [3.05, 3.63) is 70.1 Å². The van der Waals surface area contributed by atoms with E-state index in [-0.39, 0.29) is 5.91 Å². The molecule has 0 spiro atoms. The maximum absolute atomic E-state index is 11.8. The third kappa shape index (κ3) is 4.06. The van der Waals surface area contributed by atoms with Crippen molar-refractivity contribution in [2.45, 2.75) is 0 Å². The minimum atomic E-state index is -0.422. The SMILES string of the molecule is COC(=O)c1cccc(C#Cc2cncc3cc(C=C4SC(=S)NC4=O)oc23)c1. The minimum absolute atomic E-state index is 0.246. The molecule has 1 fully saturated rings. The van der Waals surface area contributed by atoms with Crippen LogP contribution in [0.3, 0.4) is 0 Å². The Morgan fingerprint density at radius 1 is 1.31 bits per heavy atom.